The molecule has 0 spiro atoms. The zero-order valence-electron chi connectivity index (χ0n) is 11.0. The Bertz CT molecular complexity index is 459. The van der Waals surface area contributed by atoms with Gasteiger partial charge in [-0.05, 0) is 50.0 Å². The largest absolute Gasteiger partial charge is 0.317 e. The Morgan fingerprint density at radius 1 is 1.32 bits per heavy atom. The lowest BCUT2D eigenvalue weighted by Gasteiger charge is -2.25. The number of nitrogens with one attached hydrogen (secondary N) is 1. The van der Waals surface area contributed by atoms with Crippen molar-refractivity contribution in [3.8, 4) is 0 Å². The number of nitrogens with zero attached hydrogens (tertiary/aromatic N) is 1. The van der Waals surface area contributed by atoms with E-state index in [1.54, 1.807) is 24.1 Å². The molecule has 5 heteroatoms. The summed E-state index contributed by atoms with van der Waals surface area (Å²) < 4.78 is 0. The van der Waals surface area contributed by atoms with Crippen molar-refractivity contribution in [1.82, 2.24) is 5.32 Å². The first-order valence-corrected chi connectivity index (χ1v) is 7.26. The molecule has 1 heterocycles. The van der Waals surface area contributed by atoms with E-state index in [4.69, 9.17) is 23.2 Å². The fourth-order valence-electron chi connectivity index (χ4n) is 2.31. The minimum atomic E-state index is 0.130. The van der Waals surface area contributed by atoms with Crippen LogP contribution >= 0.6 is 23.2 Å². The fourth-order valence-corrected chi connectivity index (χ4v) is 2.60. The molecule has 1 N–H and O–H groups in total. The number of rotatable bonds is 3. The predicted molar refractivity (Wildman–Crippen MR) is 80.1 cm³/mol. The zero-order chi connectivity index (χ0) is 13.8. The molecule has 3 nitrogen and oxygen atoms in total. The van der Waals surface area contributed by atoms with E-state index in [2.05, 4.69) is 5.32 Å². The summed E-state index contributed by atoms with van der Waals surface area (Å²) in [4.78, 5) is 13.9. The van der Waals surface area contributed by atoms with Crippen molar-refractivity contribution in [2.24, 2.45) is 5.92 Å². The number of halogens is 2. The number of benzene rings is 1. The first kappa shape index (κ1) is 14.6. The lowest BCUT2D eigenvalue weighted by Crippen LogP contribution is -2.33. The summed E-state index contributed by atoms with van der Waals surface area (Å²) in [7, 11) is 1.78. The normalized spacial score (nSPS) is 16.4. The summed E-state index contributed by atoms with van der Waals surface area (Å²) >= 11 is 11.9. The predicted octanol–water partition coefficient (Wildman–Crippen LogP) is 3.35. The molecule has 1 aliphatic heterocycles. The molecular weight excluding hydrogens is 283 g/mol. The Balaban J connectivity index is 1.99. The summed E-state index contributed by atoms with van der Waals surface area (Å²) in [5.74, 6) is 0.615. The average Bonchev–Trinajstić information content (AvgIpc) is 2.42. The highest BCUT2D eigenvalue weighted by molar-refractivity contribution is 6.42. The standard InChI is InChI=1S/C14H18Cl2N2O/c1-18(11-2-3-12(15)13(16)9-11)14(19)8-10-4-6-17-7-5-10/h2-3,9-10,17H,4-8H2,1H3. The number of piperidine rings is 1. The number of anilines is 1. The highest BCUT2D eigenvalue weighted by Gasteiger charge is 2.20. The van der Waals surface area contributed by atoms with Gasteiger partial charge in [-0.3, -0.25) is 4.79 Å². The van der Waals surface area contributed by atoms with E-state index in [9.17, 15) is 4.79 Å². The Kier molecular flexibility index (Phi) is 5.08. The number of amides is 1. The molecule has 0 bridgehead atoms. The summed E-state index contributed by atoms with van der Waals surface area (Å²) in [6.45, 7) is 2.02. The summed E-state index contributed by atoms with van der Waals surface area (Å²) in [6, 6.07) is 5.26. The molecule has 104 valence electrons. The maximum absolute atomic E-state index is 12.2. The molecule has 1 amide bonds. The lowest BCUT2D eigenvalue weighted by molar-refractivity contribution is -0.119. The third-order valence-electron chi connectivity index (χ3n) is 3.59. The Morgan fingerprint density at radius 3 is 2.63 bits per heavy atom. The van der Waals surface area contributed by atoms with Gasteiger partial charge < -0.3 is 10.2 Å². The van der Waals surface area contributed by atoms with Crippen LogP contribution in [0, 0.1) is 5.92 Å². The van der Waals surface area contributed by atoms with Crippen LogP contribution < -0.4 is 10.2 Å². The van der Waals surface area contributed by atoms with E-state index < -0.39 is 0 Å². The molecule has 1 aliphatic rings. The first-order valence-electron chi connectivity index (χ1n) is 6.50. The van der Waals surface area contributed by atoms with Gasteiger partial charge in [0, 0.05) is 19.2 Å². The van der Waals surface area contributed by atoms with Gasteiger partial charge in [-0.2, -0.15) is 0 Å². The number of carbonyl (C=O) groups is 1. The van der Waals surface area contributed by atoms with Crippen molar-refractivity contribution >= 4 is 34.8 Å². The van der Waals surface area contributed by atoms with Gasteiger partial charge in [-0.25, -0.2) is 0 Å². The number of carbonyl (C=O) groups excluding carboxylic acids is 1. The topological polar surface area (TPSA) is 32.3 Å². The third kappa shape index (κ3) is 3.85. The first-order chi connectivity index (χ1) is 9.08. The van der Waals surface area contributed by atoms with Gasteiger partial charge >= 0.3 is 0 Å². The molecule has 1 saturated heterocycles. The van der Waals surface area contributed by atoms with E-state index in [-0.39, 0.29) is 5.91 Å². The van der Waals surface area contributed by atoms with Gasteiger partial charge in [0.1, 0.15) is 0 Å². The minimum Gasteiger partial charge on any atom is -0.317 e. The molecule has 0 aromatic heterocycles. The van der Waals surface area contributed by atoms with Crippen LogP contribution in [0.1, 0.15) is 19.3 Å². The zero-order valence-corrected chi connectivity index (χ0v) is 12.5. The van der Waals surface area contributed by atoms with Crippen LogP contribution in [0.5, 0.6) is 0 Å². The second-order valence-electron chi connectivity index (χ2n) is 4.95. The van der Waals surface area contributed by atoms with Crippen molar-refractivity contribution in [2.75, 3.05) is 25.0 Å². The second kappa shape index (κ2) is 6.60. The number of hydrogen-bond acceptors (Lipinski definition) is 2. The highest BCUT2D eigenvalue weighted by atomic mass is 35.5. The Morgan fingerprint density at radius 2 is 2.00 bits per heavy atom. The van der Waals surface area contributed by atoms with Crippen molar-refractivity contribution < 1.29 is 4.79 Å². The molecule has 19 heavy (non-hydrogen) atoms. The van der Waals surface area contributed by atoms with Crippen molar-refractivity contribution in [3.63, 3.8) is 0 Å². The summed E-state index contributed by atoms with van der Waals surface area (Å²) in [6.07, 6.45) is 2.74. The van der Waals surface area contributed by atoms with Gasteiger partial charge in [0.25, 0.3) is 0 Å². The molecule has 1 fully saturated rings. The summed E-state index contributed by atoms with van der Waals surface area (Å²) in [5, 5.41) is 4.28. The van der Waals surface area contributed by atoms with E-state index in [1.807, 2.05) is 6.07 Å². The summed E-state index contributed by atoms with van der Waals surface area (Å²) in [5.41, 5.74) is 0.785. The van der Waals surface area contributed by atoms with Crippen LogP contribution in [0.3, 0.4) is 0 Å². The average molecular weight is 301 g/mol. The quantitative estimate of drug-likeness (QED) is 0.928. The van der Waals surface area contributed by atoms with E-state index in [0.29, 0.717) is 22.4 Å². The van der Waals surface area contributed by atoms with E-state index >= 15 is 0 Å². The molecule has 0 unspecified atom stereocenters. The molecule has 1 aromatic carbocycles. The molecule has 2 rings (SSSR count). The molecule has 0 radical (unpaired) electrons. The van der Waals surface area contributed by atoms with Crippen LogP contribution in [0.2, 0.25) is 10.0 Å². The Hall–Kier alpha value is -0.770. The molecular formula is C14H18Cl2N2O. The second-order valence-corrected chi connectivity index (χ2v) is 5.76. The van der Waals surface area contributed by atoms with E-state index in [0.717, 1.165) is 31.6 Å². The minimum absolute atomic E-state index is 0.130. The lowest BCUT2D eigenvalue weighted by atomic mass is 9.94. The van der Waals surface area contributed by atoms with Crippen LogP contribution in [0.15, 0.2) is 18.2 Å². The number of hydrogen-bond donors (Lipinski definition) is 1. The monoisotopic (exact) mass is 300 g/mol. The van der Waals surface area contributed by atoms with Gasteiger partial charge in [0.15, 0.2) is 0 Å². The maximum atomic E-state index is 12.2. The van der Waals surface area contributed by atoms with Crippen LogP contribution in [0.4, 0.5) is 5.69 Å². The fraction of sp³-hybridized carbons (Fsp3) is 0.500. The van der Waals surface area contributed by atoms with Gasteiger partial charge in [-0.15, -0.1) is 0 Å². The molecule has 0 atom stereocenters. The molecule has 1 aromatic rings. The van der Waals surface area contributed by atoms with Crippen molar-refractivity contribution in [3.05, 3.63) is 28.2 Å². The van der Waals surface area contributed by atoms with Gasteiger partial charge in [-0.1, -0.05) is 23.2 Å². The highest BCUT2D eigenvalue weighted by Crippen LogP contribution is 2.27. The third-order valence-corrected chi connectivity index (χ3v) is 4.33. The van der Waals surface area contributed by atoms with Gasteiger partial charge in [0.05, 0.1) is 10.0 Å². The molecule has 0 saturated carbocycles. The van der Waals surface area contributed by atoms with Crippen LogP contribution in [-0.2, 0) is 4.79 Å². The van der Waals surface area contributed by atoms with Gasteiger partial charge in [0.2, 0.25) is 5.91 Å². The maximum Gasteiger partial charge on any atom is 0.226 e. The van der Waals surface area contributed by atoms with Crippen molar-refractivity contribution in [2.45, 2.75) is 19.3 Å². The molecule has 0 aliphatic carbocycles. The SMILES string of the molecule is CN(C(=O)CC1CCNCC1)c1ccc(Cl)c(Cl)c1. The van der Waals surface area contributed by atoms with E-state index in [1.165, 1.54) is 0 Å². The van der Waals surface area contributed by atoms with Crippen molar-refractivity contribution in [1.29, 1.82) is 0 Å². The Labute approximate surface area is 123 Å². The smallest absolute Gasteiger partial charge is 0.226 e. The van der Waals surface area contributed by atoms with Crippen LogP contribution in [0.25, 0.3) is 0 Å². The van der Waals surface area contributed by atoms with Crippen LogP contribution in [-0.4, -0.2) is 26.0 Å².